The van der Waals surface area contributed by atoms with Gasteiger partial charge >= 0.3 is 0 Å². The molecule has 3 aromatic rings. The van der Waals surface area contributed by atoms with E-state index < -0.39 is 0 Å². The highest BCUT2D eigenvalue weighted by Gasteiger charge is 2.23. The quantitative estimate of drug-likeness (QED) is 0.498. The molecule has 0 fully saturated rings. The number of aromatic amines is 1. The number of rotatable bonds is 8. The summed E-state index contributed by atoms with van der Waals surface area (Å²) < 4.78 is 11.2. The molecule has 2 aromatic carbocycles. The molecule has 0 spiro atoms. The zero-order valence-corrected chi connectivity index (χ0v) is 17.4. The number of para-hydroxylation sites is 2. The van der Waals surface area contributed by atoms with E-state index in [1.54, 1.807) is 14.2 Å². The molecule has 0 saturated heterocycles. The maximum Gasteiger partial charge on any atom is 0.166 e. The minimum atomic E-state index is 0.0302. The maximum absolute atomic E-state index is 5.72. The minimum Gasteiger partial charge on any atom is -0.493 e. The van der Waals surface area contributed by atoms with Crippen molar-refractivity contribution in [3.8, 4) is 11.5 Å². The first-order valence-corrected chi connectivity index (χ1v) is 9.89. The number of fused-ring (bicyclic) bond motifs is 1. The lowest BCUT2D eigenvalue weighted by molar-refractivity contribution is 0.350. The fourth-order valence-corrected chi connectivity index (χ4v) is 3.64. The van der Waals surface area contributed by atoms with Crippen LogP contribution >= 0.6 is 12.2 Å². The molecule has 6 heteroatoms. The molecule has 148 valence electrons. The average molecular weight is 398 g/mol. The minimum absolute atomic E-state index is 0.0302. The molecule has 0 aliphatic rings. The Balaban J connectivity index is 2.01. The van der Waals surface area contributed by atoms with Crippen LogP contribution < -0.4 is 20.1 Å². The molecule has 3 N–H and O–H groups in total. The molecular formula is C22H27N3O2S. The summed E-state index contributed by atoms with van der Waals surface area (Å²) in [5.74, 6) is 1.49. The van der Waals surface area contributed by atoms with Gasteiger partial charge in [-0.05, 0) is 36.3 Å². The van der Waals surface area contributed by atoms with Gasteiger partial charge in [0.2, 0.25) is 0 Å². The zero-order valence-electron chi connectivity index (χ0n) is 16.5. The van der Waals surface area contributed by atoms with Crippen molar-refractivity contribution in [3.05, 3.63) is 59.8 Å². The summed E-state index contributed by atoms with van der Waals surface area (Å²) in [6.07, 6.45) is 3.09. The molecule has 0 amide bonds. The van der Waals surface area contributed by atoms with E-state index in [1.165, 1.54) is 10.9 Å². The molecule has 1 aromatic heterocycles. The third-order valence-corrected chi connectivity index (χ3v) is 5.10. The van der Waals surface area contributed by atoms with Crippen molar-refractivity contribution < 1.29 is 9.47 Å². The second-order valence-corrected chi connectivity index (χ2v) is 6.97. The Labute approximate surface area is 171 Å². The Hall–Kier alpha value is -2.73. The fraction of sp³-hybridized carbons (Fsp3) is 0.318. The number of benzene rings is 2. The second kappa shape index (κ2) is 9.46. The standard InChI is InChI=1S/C22H27N3O2S/c1-4-12-23-22(28)25-14-18(16-9-7-11-20(26-2)21(16)27-3)17-13-24-19-10-6-5-8-15(17)19/h5-11,13,18,24H,4,12,14H2,1-3H3,(H2,23,25,28)/t18-/m1/s1. The van der Waals surface area contributed by atoms with Crippen molar-refractivity contribution in [1.29, 1.82) is 0 Å². The molecule has 0 bridgehead atoms. The lowest BCUT2D eigenvalue weighted by Crippen LogP contribution is -2.38. The van der Waals surface area contributed by atoms with E-state index in [0.717, 1.165) is 35.5 Å². The molecular weight excluding hydrogens is 370 g/mol. The van der Waals surface area contributed by atoms with Gasteiger partial charge in [-0.3, -0.25) is 0 Å². The normalized spacial score (nSPS) is 11.8. The van der Waals surface area contributed by atoms with Crippen LogP contribution in [0.25, 0.3) is 10.9 Å². The molecule has 1 atom stereocenters. The van der Waals surface area contributed by atoms with Crippen molar-refractivity contribution in [3.63, 3.8) is 0 Å². The van der Waals surface area contributed by atoms with Crippen LogP contribution in [0.15, 0.2) is 48.7 Å². The summed E-state index contributed by atoms with van der Waals surface area (Å²) >= 11 is 5.44. The van der Waals surface area contributed by atoms with Gasteiger partial charge in [0.15, 0.2) is 16.6 Å². The van der Waals surface area contributed by atoms with Crippen molar-refractivity contribution in [1.82, 2.24) is 15.6 Å². The van der Waals surface area contributed by atoms with Gasteiger partial charge in [-0.25, -0.2) is 0 Å². The number of thiocarbonyl (C=S) groups is 1. The highest BCUT2D eigenvalue weighted by atomic mass is 32.1. The Morgan fingerprint density at radius 2 is 1.86 bits per heavy atom. The monoisotopic (exact) mass is 397 g/mol. The van der Waals surface area contributed by atoms with Crippen LogP contribution in [-0.2, 0) is 0 Å². The number of nitrogens with one attached hydrogen (secondary N) is 3. The molecule has 0 aliphatic heterocycles. The summed E-state index contributed by atoms with van der Waals surface area (Å²) in [4.78, 5) is 3.38. The zero-order chi connectivity index (χ0) is 19.9. The van der Waals surface area contributed by atoms with E-state index in [-0.39, 0.29) is 5.92 Å². The lowest BCUT2D eigenvalue weighted by atomic mass is 9.90. The van der Waals surface area contributed by atoms with Crippen LogP contribution in [0.4, 0.5) is 0 Å². The van der Waals surface area contributed by atoms with Gasteiger partial charge in [-0.15, -0.1) is 0 Å². The van der Waals surface area contributed by atoms with Gasteiger partial charge in [0.05, 0.1) is 14.2 Å². The molecule has 5 nitrogen and oxygen atoms in total. The molecule has 0 radical (unpaired) electrons. The topological polar surface area (TPSA) is 58.3 Å². The Bertz CT molecular complexity index is 938. The molecule has 0 unspecified atom stereocenters. The molecule has 3 rings (SSSR count). The lowest BCUT2D eigenvalue weighted by Gasteiger charge is -2.22. The first-order chi connectivity index (χ1) is 13.7. The van der Waals surface area contributed by atoms with Gasteiger partial charge in [-0.1, -0.05) is 37.3 Å². The molecule has 0 aliphatic carbocycles. The van der Waals surface area contributed by atoms with Crippen LogP contribution in [0, 0.1) is 0 Å². The number of methoxy groups -OCH3 is 2. The predicted molar refractivity (Wildman–Crippen MR) is 119 cm³/mol. The first kappa shape index (κ1) is 20.0. The number of H-pyrrole nitrogens is 1. The van der Waals surface area contributed by atoms with Crippen LogP contribution in [0.3, 0.4) is 0 Å². The summed E-state index contributed by atoms with van der Waals surface area (Å²) in [6, 6.07) is 14.3. The third kappa shape index (κ3) is 4.22. The largest absolute Gasteiger partial charge is 0.493 e. The van der Waals surface area contributed by atoms with E-state index in [1.807, 2.05) is 18.2 Å². The number of aromatic nitrogens is 1. The smallest absolute Gasteiger partial charge is 0.166 e. The number of ether oxygens (including phenoxy) is 2. The highest BCUT2D eigenvalue weighted by molar-refractivity contribution is 7.80. The van der Waals surface area contributed by atoms with Crippen LogP contribution in [0.5, 0.6) is 11.5 Å². The molecule has 1 heterocycles. The first-order valence-electron chi connectivity index (χ1n) is 9.48. The van der Waals surface area contributed by atoms with Gasteiger partial charge < -0.3 is 25.1 Å². The van der Waals surface area contributed by atoms with E-state index >= 15 is 0 Å². The van der Waals surface area contributed by atoms with E-state index in [9.17, 15) is 0 Å². The fourth-order valence-electron chi connectivity index (χ4n) is 3.45. The van der Waals surface area contributed by atoms with Crippen molar-refractivity contribution in [2.24, 2.45) is 0 Å². The Morgan fingerprint density at radius 3 is 2.61 bits per heavy atom. The average Bonchev–Trinajstić information content (AvgIpc) is 3.16. The van der Waals surface area contributed by atoms with Gasteiger partial charge in [0, 0.05) is 41.7 Å². The van der Waals surface area contributed by atoms with Crippen LogP contribution in [-0.4, -0.2) is 37.4 Å². The van der Waals surface area contributed by atoms with Gasteiger partial charge in [-0.2, -0.15) is 0 Å². The molecule has 0 saturated carbocycles. The number of hydrogen-bond acceptors (Lipinski definition) is 3. The SMILES string of the molecule is CCCNC(=S)NC[C@H](c1cccc(OC)c1OC)c1c[nH]c2ccccc12. The van der Waals surface area contributed by atoms with Crippen molar-refractivity contribution >= 4 is 28.2 Å². The molecule has 28 heavy (non-hydrogen) atoms. The summed E-state index contributed by atoms with van der Waals surface area (Å²) in [6.45, 7) is 3.61. The summed E-state index contributed by atoms with van der Waals surface area (Å²) in [5.41, 5.74) is 3.35. The van der Waals surface area contributed by atoms with Crippen LogP contribution in [0.1, 0.15) is 30.4 Å². The van der Waals surface area contributed by atoms with Crippen molar-refractivity contribution in [2.75, 3.05) is 27.3 Å². The number of hydrogen-bond donors (Lipinski definition) is 3. The van der Waals surface area contributed by atoms with E-state index in [2.05, 4.69) is 53.0 Å². The van der Waals surface area contributed by atoms with E-state index in [4.69, 9.17) is 21.7 Å². The third-order valence-electron chi connectivity index (χ3n) is 4.81. The highest BCUT2D eigenvalue weighted by Crippen LogP contribution is 2.40. The maximum atomic E-state index is 5.72. The van der Waals surface area contributed by atoms with Gasteiger partial charge in [0.25, 0.3) is 0 Å². The van der Waals surface area contributed by atoms with Crippen LogP contribution in [0.2, 0.25) is 0 Å². The Morgan fingerprint density at radius 1 is 1.04 bits per heavy atom. The summed E-state index contributed by atoms with van der Waals surface area (Å²) in [7, 11) is 3.33. The Kier molecular flexibility index (Phi) is 6.76. The second-order valence-electron chi connectivity index (χ2n) is 6.56. The van der Waals surface area contributed by atoms with Crippen molar-refractivity contribution in [2.45, 2.75) is 19.3 Å². The van der Waals surface area contributed by atoms with E-state index in [0.29, 0.717) is 11.7 Å². The van der Waals surface area contributed by atoms with Gasteiger partial charge in [0.1, 0.15) is 0 Å². The summed E-state index contributed by atoms with van der Waals surface area (Å²) in [5, 5.41) is 8.44. The predicted octanol–water partition coefficient (Wildman–Crippen LogP) is 4.19.